The van der Waals surface area contributed by atoms with Crippen LogP contribution in [0.5, 0.6) is 0 Å². The van der Waals surface area contributed by atoms with E-state index in [9.17, 15) is 10.0 Å². The molecule has 29 heavy (non-hydrogen) atoms. The van der Waals surface area contributed by atoms with Crippen molar-refractivity contribution in [1.82, 2.24) is 0 Å². The fourth-order valence-corrected chi connectivity index (χ4v) is 7.71. The van der Waals surface area contributed by atoms with Gasteiger partial charge in [0.05, 0.1) is 18.9 Å². The van der Waals surface area contributed by atoms with Gasteiger partial charge in [0, 0.05) is 31.1 Å². The molecule has 0 aromatic carbocycles. The molecule has 0 radical (unpaired) electrons. The minimum absolute atomic E-state index is 0.0444. The summed E-state index contributed by atoms with van der Waals surface area (Å²) in [7, 11) is 0. The zero-order chi connectivity index (χ0) is 20.4. The highest BCUT2D eigenvalue weighted by Crippen LogP contribution is 2.68. The lowest BCUT2D eigenvalue weighted by molar-refractivity contribution is -0.238. The summed E-state index contributed by atoms with van der Waals surface area (Å²) >= 11 is 0. The van der Waals surface area contributed by atoms with E-state index in [4.69, 9.17) is 14.2 Å². The fraction of sp³-hybridized carbons (Fsp3) is 0.826. The lowest BCUT2D eigenvalue weighted by Crippen LogP contribution is -2.57. The van der Waals surface area contributed by atoms with Gasteiger partial charge in [-0.3, -0.25) is 4.79 Å². The number of allylic oxidation sites excluding steroid dienone is 1. The van der Waals surface area contributed by atoms with Crippen LogP contribution < -0.4 is 0 Å². The second-order valence-corrected chi connectivity index (χ2v) is 10.3. The minimum Gasteiger partial charge on any atom is -0.462 e. The van der Waals surface area contributed by atoms with Crippen LogP contribution in [0.4, 0.5) is 0 Å². The number of rotatable bonds is 1. The average molecular weight is 404 g/mol. The van der Waals surface area contributed by atoms with E-state index < -0.39 is 5.79 Å². The maximum atomic E-state index is 11.5. The number of hydrogen-bond acceptors (Lipinski definition) is 6. The molecule has 160 valence electrons. The molecule has 3 unspecified atom stereocenters. The molecule has 0 aromatic rings. The summed E-state index contributed by atoms with van der Waals surface area (Å²) in [6, 6.07) is 0. The number of fused-ring (bicyclic) bond motifs is 6. The molecule has 5 rings (SSSR count). The van der Waals surface area contributed by atoms with Crippen LogP contribution in [0, 0.1) is 28.6 Å². The Morgan fingerprint density at radius 2 is 1.86 bits per heavy atom. The maximum absolute atomic E-state index is 11.5. The van der Waals surface area contributed by atoms with Crippen molar-refractivity contribution < 1.29 is 24.2 Å². The third kappa shape index (κ3) is 2.61. The quantitative estimate of drug-likeness (QED) is 0.406. The molecular weight excluding hydrogens is 370 g/mol. The molecule has 6 heteroatoms. The van der Waals surface area contributed by atoms with Gasteiger partial charge in [-0.2, -0.15) is 0 Å². The van der Waals surface area contributed by atoms with E-state index in [1.807, 2.05) is 0 Å². The Labute approximate surface area is 172 Å². The number of oxime groups is 1. The molecule has 5 aliphatic rings. The fourth-order valence-electron chi connectivity index (χ4n) is 7.71. The summed E-state index contributed by atoms with van der Waals surface area (Å²) in [5.74, 6) is 0.392. The minimum atomic E-state index is -0.457. The number of nitrogens with zero attached hydrogens (tertiary/aromatic N) is 1. The van der Waals surface area contributed by atoms with Crippen LogP contribution in [0.25, 0.3) is 0 Å². The smallest absolute Gasteiger partial charge is 0.302 e. The van der Waals surface area contributed by atoms with Crippen molar-refractivity contribution in [2.45, 2.75) is 77.6 Å². The van der Waals surface area contributed by atoms with Crippen molar-refractivity contribution >= 4 is 11.7 Å². The van der Waals surface area contributed by atoms with Gasteiger partial charge in [-0.25, -0.2) is 0 Å². The Kier molecular flexibility index (Phi) is 4.42. The average Bonchev–Trinajstić information content (AvgIpc) is 3.28. The standard InChI is InChI=1S/C23H33NO5/c1-14(25)29-16-4-7-21(2)15(12-16)13-19(24-26)20-17(21)5-8-22(3)18(20)6-9-23(22)27-10-11-28-23/h13,16-18,20,26H,4-12H2,1-3H3/b24-19+/t16-,17?,18?,20?,21-,22-/m0/s1. The van der Waals surface area contributed by atoms with E-state index in [1.54, 1.807) is 0 Å². The molecule has 1 heterocycles. The molecule has 4 fully saturated rings. The van der Waals surface area contributed by atoms with E-state index in [0.29, 0.717) is 25.0 Å². The van der Waals surface area contributed by atoms with Gasteiger partial charge in [-0.15, -0.1) is 0 Å². The molecular formula is C23H33NO5. The van der Waals surface area contributed by atoms with E-state index in [2.05, 4.69) is 25.1 Å². The third-order valence-corrected chi connectivity index (χ3v) is 9.17. The Balaban J connectivity index is 1.50. The van der Waals surface area contributed by atoms with Crippen LogP contribution in [0.1, 0.15) is 65.7 Å². The van der Waals surface area contributed by atoms with Crippen LogP contribution in [-0.4, -0.2) is 42.0 Å². The summed E-state index contributed by atoms with van der Waals surface area (Å²) in [5, 5.41) is 13.8. The molecule has 1 aliphatic heterocycles. The van der Waals surface area contributed by atoms with Crippen LogP contribution in [0.2, 0.25) is 0 Å². The molecule has 0 amide bonds. The first-order chi connectivity index (χ1) is 13.8. The van der Waals surface area contributed by atoms with Crippen LogP contribution >= 0.6 is 0 Å². The van der Waals surface area contributed by atoms with E-state index in [1.165, 1.54) is 12.5 Å². The number of esters is 1. The Morgan fingerprint density at radius 1 is 1.14 bits per heavy atom. The molecule has 6 atom stereocenters. The van der Waals surface area contributed by atoms with E-state index in [0.717, 1.165) is 50.7 Å². The Morgan fingerprint density at radius 3 is 2.55 bits per heavy atom. The van der Waals surface area contributed by atoms with Gasteiger partial charge in [-0.05, 0) is 55.4 Å². The van der Waals surface area contributed by atoms with Gasteiger partial charge in [0.1, 0.15) is 6.10 Å². The van der Waals surface area contributed by atoms with E-state index in [-0.39, 0.29) is 28.8 Å². The highest BCUT2D eigenvalue weighted by atomic mass is 16.7. The van der Waals surface area contributed by atoms with Crippen molar-refractivity contribution in [3.63, 3.8) is 0 Å². The Bertz CT molecular complexity index is 769. The molecule has 1 N–H and O–H groups in total. The van der Waals surface area contributed by atoms with E-state index >= 15 is 0 Å². The SMILES string of the molecule is CC(=O)O[C@H]1CC[C@@]2(C)C(=C/C(=N\O)C3C2CC[C@@]2(C)C3CCC23OCCO3)C1. The maximum Gasteiger partial charge on any atom is 0.302 e. The number of carbonyl (C=O) groups excluding carboxylic acids is 1. The predicted molar refractivity (Wildman–Crippen MR) is 106 cm³/mol. The lowest BCUT2D eigenvalue weighted by Gasteiger charge is -2.58. The molecule has 0 bridgehead atoms. The second kappa shape index (κ2) is 6.55. The summed E-state index contributed by atoms with van der Waals surface area (Å²) in [6.45, 7) is 7.54. The molecule has 0 aromatic heterocycles. The van der Waals surface area contributed by atoms with Gasteiger partial charge in [0.2, 0.25) is 0 Å². The summed E-state index contributed by atoms with van der Waals surface area (Å²) < 4.78 is 18.0. The molecule has 6 nitrogen and oxygen atoms in total. The zero-order valence-corrected chi connectivity index (χ0v) is 17.8. The predicted octanol–water partition coefficient (Wildman–Crippen LogP) is 4.06. The molecule has 1 spiro atoms. The Hall–Kier alpha value is -1.40. The largest absolute Gasteiger partial charge is 0.462 e. The summed E-state index contributed by atoms with van der Waals surface area (Å²) in [4.78, 5) is 11.5. The van der Waals surface area contributed by atoms with Crippen molar-refractivity contribution in [2.75, 3.05) is 13.2 Å². The van der Waals surface area contributed by atoms with Crippen LogP contribution in [-0.2, 0) is 19.0 Å². The number of ether oxygens (including phenoxy) is 3. The van der Waals surface area contributed by atoms with Crippen LogP contribution in [0.3, 0.4) is 0 Å². The van der Waals surface area contributed by atoms with Crippen molar-refractivity contribution in [3.8, 4) is 0 Å². The molecule has 4 aliphatic carbocycles. The normalized spacial score (nSPS) is 46.7. The number of carbonyl (C=O) groups is 1. The second-order valence-electron chi connectivity index (χ2n) is 10.3. The van der Waals surface area contributed by atoms with Crippen molar-refractivity contribution in [2.24, 2.45) is 33.7 Å². The monoisotopic (exact) mass is 403 g/mol. The van der Waals surface area contributed by atoms with Crippen LogP contribution in [0.15, 0.2) is 16.8 Å². The summed E-state index contributed by atoms with van der Waals surface area (Å²) in [5.41, 5.74) is 2.12. The number of hydrogen-bond donors (Lipinski definition) is 1. The third-order valence-electron chi connectivity index (χ3n) is 9.17. The zero-order valence-electron chi connectivity index (χ0n) is 17.8. The van der Waals surface area contributed by atoms with Gasteiger partial charge in [-0.1, -0.05) is 24.6 Å². The molecule has 3 saturated carbocycles. The van der Waals surface area contributed by atoms with Gasteiger partial charge in [0.25, 0.3) is 0 Å². The first-order valence-electron chi connectivity index (χ1n) is 11.2. The summed E-state index contributed by atoms with van der Waals surface area (Å²) in [6.07, 6.45) is 8.85. The lowest BCUT2D eigenvalue weighted by atomic mass is 9.47. The van der Waals surface area contributed by atoms with Gasteiger partial charge >= 0.3 is 5.97 Å². The first kappa shape index (κ1) is 19.6. The highest BCUT2D eigenvalue weighted by Gasteiger charge is 2.67. The molecule has 1 saturated heterocycles. The van der Waals surface area contributed by atoms with Crippen molar-refractivity contribution in [3.05, 3.63) is 11.6 Å². The van der Waals surface area contributed by atoms with Gasteiger partial charge < -0.3 is 19.4 Å². The first-order valence-corrected chi connectivity index (χ1v) is 11.2. The van der Waals surface area contributed by atoms with Gasteiger partial charge in [0.15, 0.2) is 5.79 Å². The van der Waals surface area contributed by atoms with Crippen molar-refractivity contribution in [1.29, 1.82) is 0 Å². The topological polar surface area (TPSA) is 77.4 Å². The highest BCUT2D eigenvalue weighted by molar-refractivity contribution is 5.99.